The van der Waals surface area contributed by atoms with Crippen LogP contribution >= 0.6 is 0 Å². The zero-order chi connectivity index (χ0) is 29.9. The second kappa shape index (κ2) is 12.3. The molecular formula is C31H41N9O2. The van der Waals surface area contributed by atoms with Crippen LogP contribution in [-0.4, -0.2) is 67.3 Å². The molecule has 1 aliphatic rings. The number of likely N-dealkylation sites (tertiary alicyclic amines) is 1. The van der Waals surface area contributed by atoms with Gasteiger partial charge in [0, 0.05) is 43.5 Å². The van der Waals surface area contributed by atoms with Gasteiger partial charge in [-0.15, -0.1) is 0 Å². The smallest absolute Gasteiger partial charge is 0.254 e. The number of carbonyl (C=O) groups excluding carboxylic acids is 1. The minimum Gasteiger partial charge on any atom is -0.368 e. The third kappa shape index (κ3) is 6.62. The molecule has 11 heteroatoms. The number of aryl methyl sites for hydroxylation is 1. The van der Waals surface area contributed by atoms with Crippen molar-refractivity contribution in [1.29, 1.82) is 0 Å². The predicted molar refractivity (Wildman–Crippen MR) is 167 cm³/mol. The Hall–Kier alpha value is -4.25. The number of unbranched alkanes of at least 4 members (excludes halogenated alkanes) is 1. The molecule has 1 saturated heterocycles. The lowest BCUT2D eigenvalue weighted by molar-refractivity contribution is 0.0945. The molecule has 1 aromatic carbocycles. The van der Waals surface area contributed by atoms with E-state index in [1.807, 2.05) is 35.0 Å². The highest BCUT2D eigenvalue weighted by Gasteiger charge is 2.27. The highest BCUT2D eigenvalue weighted by Crippen LogP contribution is 2.30. The summed E-state index contributed by atoms with van der Waals surface area (Å²) in [6.45, 7) is 6.59. The number of piperidine rings is 1. The maximum absolute atomic E-state index is 13.1. The second-order valence-electron chi connectivity index (χ2n) is 11.7. The number of hydrogen-bond donors (Lipinski definition) is 3. The first kappa shape index (κ1) is 29.2. The van der Waals surface area contributed by atoms with E-state index in [9.17, 15) is 9.59 Å². The van der Waals surface area contributed by atoms with Crippen LogP contribution in [0.25, 0.3) is 22.0 Å². The number of fused-ring (bicyclic) bond motifs is 1. The van der Waals surface area contributed by atoms with Crippen molar-refractivity contribution in [3.05, 3.63) is 64.8 Å². The molecular weight excluding hydrogens is 530 g/mol. The van der Waals surface area contributed by atoms with Gasteiger partial charge in [-0.2, -0.15) is 10.1 Å². The first-order valence-electron chi connectivity index (χ1n) is 14.7. The summed E-state index contributed by atoms with van der Waals surface area (Å²) in [5.74, 6) is 0.579. The van der Waals surface area contributed by atoms with Gasteiger partial charge in [0.15, 0.2) is 0 Å². The van der Waals surface area contributed by atoms with E-state index < -0.39 is 5.54 Å². The predicted octanol–water partition coefficient (Wildman–Crippen LogP) is 3.83. The summed E-state index contributed by atoms with van der Waals surface area (Å²) < 4.78 is 3.47. The third-order valence-electron chi connectivity index (χ3n) is 8.19. The Morgan fingerprint density at radius 2 is 1.88 bits per heavy atom. The van der Waals surface area contributed by atoms with Crippen LogP contribution < -0.4 is 21.9 Å². The quantitative estimate of drug-likeness (QED) is 0.261. The fourth-order valence-electron chi connectivity index (χ4n) is 5.63. The van der Waals surface area contributed by atoms with E-state index in [1.165, 1.54) is 0 Å². The SMILES string of the molecule is CCCC[C@](C)(CNC(=O)c1cnn(C)c1)Nc1nc(N)nc2cc(-c3ccn(C4CCN(C)CC4)c(=O)c3)ccc12. The molecule has 0 spiro atoms. The van der Waals surface area contributed by atoms with Crippen LogP contribution in [0.1, 0.15) is 62.4 Å². The zero-order valence-corrected chi connectivity index (χ0v) is 24.9. The average Bonchev–Trinajstić information content (AvgIpc) is 3.41. The molecule has 1 amide bonds. The number of hydrogen-bond acceptors (Lipinski definition) is 8. The van der Waals surface area contributed by atoms with Crippen molar-refractivity contribution >= 4 is 28.6 Å². The van der Waals surface area contributed by atoms with Gasteiger partial charge in [0.05, 0.1) is 22.8 Å². The molecule has 4 N–H and O–H groups in total. The molecule has 0 bridgehead atoms. The number of nitrogens with two attached hydrogens (primary N) is 1. The van der Waals surface area contributed by atoms with Crippen molar-refractivity contribution in [3.63, 3.8) is 0 Å². The molecule has 42 heavy (non-hydrogen) atoms. The van der Waals surface area contributed by atoms with Gasteiger partial charge < -0.3 is 25.8 Å². The third-order valence-corrected chi connectivity index (χ3v) is 8.19. The van der Waals surface area contributed by atoms with Gasteiger partial charge in [-0.3, -0.25) is 14.3 Å². The molecule has 3 aromatic heterocycles. The number of rotatable bonds is 10. The van der Waals surface area contributed by atoms with Crippen molar-refractivity contribution in [2.75, 3.05) is 37.7 Å². The lowest BCUT2D eigenvalue weighted by Crippen LogP contribution is -2.46. The van der Waals surface area contributed by atoms with E-state index in [0.717, 1.165) is 61.7 Å². The number of nitrogen functional groups attached to an aromatic ring is 1. The molecule has 1 aliphatic heterocycles. The van der Waals surface area contributed by atoms with Crippen molar-refractivity contribution in [2.45, 2.75) is 57.5 Å². The van der Waals surface area contributed by atoms with E-state index in [4.69, 9.17) is 5.73 Å². The second-order valence-corrected chi connectivity index (χ2v) is 11.7. The molecule has 4 aromatic rings. The first-order valence-corrected chi connectivity index (χ1v) is 14.7. The Labute approximate surface area is 246 Å². The number of benzene rings is 1. The van der Waals surface area contributed by atoms with E-state index in [1.54, 1.807) is 30.2 Å². The van der Waals surface area contributed by atoms with Crippen molar-refractivity contribution in [1.82, 2.24) is 34.5 Å². The molecule has 0 saturated carbocycles. The lowest BCUT2D eigenvalue weighted by atomic mass is 9.94. The number of carbonyl (C=O) groups is 1. The molecule has 0 unspecified atom stereocenters. The Balaban J connectivity index is 1.39. The van der Waals surface area contributed by atoms with E-state index >= 15 is 0 Å². The highest BCUT2D eigenvalue weighted by atomic mass is 16.1. The normalized spacial score (nSPS) is 15.9. The highest BCUT2D eigenvalue weighted by molar-refractivity contribution is 5.94. The van der Waals surface area contributed by atoms with Gasteiger partial charge in [-0.1, -0.05) is 25.8 Å². The summed E-state index contributed by atoms with van der Waals surface area (Å²) in [4.78, 5) is 37.2. The van der Waals surface area contributed by atoms with Gasteiger partial charge in [0.1, 0.15) is 5.82 Å². The standard InChI is InChI=1S/C31H41N9O2/c1-5-6-12-31(2,20-33-29(42)23-18-34-39(4)19-23)37-28-25-8-7-21(16-26(25)35-30(32)36-28)22-9-15-40(27(41)17-22)24-10-13-38(3)14-11-24/h7-9,15-19,24H,5-6,10-14,20H2,1-4H3,(H,33,42)(H3,32,35,36,37)/t31-/m1/s1. The minimum atomic E-state index is -0.487. The van der Waals surface area contributed by atoms with Crippen LogP contribution in [0.4, 0.5) is 11.8 Å². The fraction of sp³-hybridized carbons (Fsp3) is 0.452. The van der Waals surface area contributed by atoms with Crippen LogP contribution in [0.15, 0.2) is 53.7 Å². The van der Waals surface area contributed by atoms with Crippen LogP contribution in [0.5, 0.6) is 0 Å². The fourth-order valence-corrected chi connectivity index (χ4v) is 5.63. The number of nitrogens with one attached hydrogen (secondary N) is 2. The zero-order valence-electron chi connectivity index (χ0n) is 24.9. The summed E-state index contributed by atoms with van der Waals surface area (Å²) in [6.07, 6.45) is 9.91. The monoisotopic (exact) mass is 571 g/mol. The number of amides is 1. The van der Waals surface area contributed by atoms with E-state index in [2.05, 4.69) is 51.5 Å². The number of anilines is 2. The summed E-state index contributed by atoms with van der Waals surface area (Å²) in [5, 5.41) is 11.5. The minimum absolute atomic E-state index is 0.00623. The summed E-state index contributed by atoms with van der Waals surface area (Å²) in [7, 11) is 3.90. The maximum atomic E-state index is 13.1. The van der Waals surface area contributed by atoms with E-state index in [-0.39, 0.29) is 23.5 Å². The number of pyridine rings is 1. The molecule has 222 valence electrons. The van der Waals surface area contributed by atoms with Gasteiger partial charge >= 0.3 is 0 Å². The molecule has 1 atom stereocenters. The largest absolute Gasteiger partial charge is 0.368 e. The molecule has 1 fully saturated rings. The average molecular weight is 572 g/mol. The Bertz CT molecular complexity index is 1620. The van der Waals surface area contributed by atoms with Crippen LogP contribution in [0, 0.1) is 0 Å². The Kier molecular flexibility index (Phi) is 8.58. The summed E-state index contributed by atoms with van der Waals surface area (Å²) in [6, 6.07) is 9.82. The van der Waals surface area contributed by atoms with Gasteiger partial charge in [-0.25, -0.2) is 4.98 Å². The van der Waals surface area contributed by atoms with Crippen LogP contribution in [-0.2, 0) is 7.05 Å². The molecule has 0 radical (unpaired) electrons. The van der Waals surface area contributed by atoms with Gasteiger partial charge in [0.25, 0.3) is 11.5 Å². The summed E-state index contributed by atoms with van der Waals surface area (Å²) >= 11 is 0. The van der Waals surface area contributed by atoms with Crippen LogP contribution in [0.2, 0.25) is 0 Å². The maximum Gasteiger partial charge on any atom is 0.254 e. The summed E-state index contributed by atoms with van der Waals surface area (Å²) in [5.41, 5.74) is 8.61. The number of aromatic nitrogens is 5. The topological polar surface area (TPSA) is 136 Å². The van der Waals surface area contributed by atoms with Crippen molar-refractivity contribution < 1.29 is 4.79 Å². The Morgan fingerprint density at radius 1 is 1.12 bits per heavy atom. The van der Waals surface area contributed by atoms with Gasteiger partial charge in [0.2, 0.25) is 5.95 Å². The van der Waals surface area contributed by atoms with Crippen molar-refractivity contribution in [3.8, 4) is 11.1 Å². The molecule has 11 nitrogen and oxygen atoms in total. The van der Waals surface area contributed by atoms with Crippen LogP contribution in [0.3, 0.4) is 0 Å². The van der Waals surface area contributed by atoms with Crippen molar-refractivity contribution in [2.24, 2.45) is 7.05 Å². The van der Waals surface area contributed by atoms with E-state index in [0.29, 0.717) is 23.4 Å². The number of nitrogens with zero attached hydrogens (tertiary/aromatic N) is 6. The molecule has 4 heterocycles. The van der Waals surface area contributed by atoms with Gasteiger partial charge in [-0.05, 0) is 75.6 Å². The molecule has 5 rings (SSSR count). The Morgan fingerprint density at radius 3 is 2.57 bits per heavy atom. The first-order chi connectivity index (χ1) is 20.1. The molecule has 0 aliphatic carbocycles. The lowest BCUT2D eigenvalue weighted by Gasteiger charge is -2.32.